The Labute approximate surface area is 90.6 Å². The molecule has 0 radical (unpaired) electrons. The van der Waals surface area contributed by atoms with Gasteiger partial charge in [0.15, 0.2) is 0 Å². The van der Waals surface area contributed by atoms with Crippen molar-refractivity contribution in [2.75, 3.05) is 0 Å². The van der Waals surface area contributed by atoms with Crippen LogP contribution in [0.15, 0.2) is 0 Å². The van der Waals surface area contributed by atoms with E-state index in [4.69, 9.17) is 10.2 Å². The van der Waals surface area contributed by atoms with Gasteiger partial charge in [-0.05, 0) is 19.3 Å². The van der Waals surface area contributed by atoms with Crippen molar-refractivity contribution in [3.8, 4) is 0 Å². The Balaban J connectivity index is 0.00000144. The van der Waals surface area contributed by atoms with Gasteiger partial charge in [-0.2, -0.15) is 0 Å². The molecular formula is C8H12O4Pt+2. The zero-order valence-electron chi connectivity index (χ0n) is 7.01. The molecule has 76 valence electrons. The Morgan fingerprint density at radius 2 is 1.38 bits per heavy atom. The van der Waals surface area contributed by atoms with Crippen molar-refractivity contribution in [1.82, 2.24) is 0 Å². The zero-order chi connectivity index (χ0) is 9.14. The van der Waals surface area contributed by atoms with Gasteiger partial charge in [0.05, 0.1) is 11.8 Å². The number of hydrogen-bond acceptors (Lipinski definition) is 2. The van der Waals surface area contributed by atoms with E-state index < -0.39 is 23.8 Å². The summed E-state index contributed by atoms with van der Waals surface area (Å²) < 4.78 is 0. The Kier molecular flexibility index (Phi) is 5.22. The zero-order valence-corrected chi connectivity index (χ0v) is 9.28. The topological polar surface area (TPSA) is 74.6 Å². The van der Waals surface area contributed by atoms with Gasteiger partial charge < -0.3 is 10.2 Å². The molecule has 2 atom stereocenters. The molecule has 2 unspecified atom stereocenters. The van der Waals surface area contributed by atoms with E-state index in [0.29, 0.717) is 25.7 Å². The molecule has 0 amide bonds. The molecule has 1 saturated carbocycles. The largest absolute Gasteiger partial charge is 2.00 e. The molecule has 0 bridgehead atoms. The van der Waals surface area contributed by atoms with Crippen LogP contribution in [-0.4, -0.2) is 22.2 Å². The van der Waals surface area contributed by atoms with Crippen molar-refractivity contribution >= 4 is 11.9 Å². The normalized spacial score (nSPS) is 27.4. The number of carboxylic acid groups (broad SMARTS) is 2. The van der Waals surface area contributed by atoms with Crippen molar-refractivity contribution in [2.45, 2.75) is 25.7 Å². The summed E-state index contributed by atoms with van der Waals surface area (Å²) in [6.07, 6.45) is 2.26. The average Bonchev–Trinajstić information content (AvgIpc) is 2.04. The number of rotatable bonds is 2. The predicted molar refractivity (Wildman–Crippen MR) is 40.7 cm³/mol. The molecule has 13 heavy (non-hydrogen) atoms. The second-order valence-electron chi connectivity index (χ2n) is 3.24. The summed E-state index contributed by atoms with van der Waals surface area (Å²) in [4.78, 5) is 21.1. The number of aliphatic carboxylic acids is 2. The average molecular weight is 367 g/mol. The maximum absolute atomic E-state index is 10.5. The third-order valence-corrected chi connectivity index (χ3v) is 2.37. The van der Waals surface area contributed by atoms with Crippen LogP contribution in [0.25, 0.3) is 0 Å². The van der Waals surface area contributed by atoms with Gasteiger partial charge >= 0.3 is 33.0 Å². The van der Waals surface area contributed by atoms with Crippen LogP contribution in [0.1, 0.15) is 25.7 Å². The van der Waals surface area contributed by atoms with Gasteiger partial charge in [0.1, 0.15) is 0 Å². The monoisotopic (exact) mass is 367 g/mol. The van der Waals surface area contributed by atoms with Crippen LogP contribution in [-0.2, 0) is 30.7 Å². The van der Waals surface area contributed by atoms with E-state index in [1.54, 1.807) is 0 Å². The van der Waals surface area contributed by atoms with Gasteiger partial charge in [0.2, 0.25) is 0 Å². The molecule has 4 nitrogen and oxygen atoms in total. The minimum absolute atomic E-state index is 0. The first-order chi connectivity index (χ1) is 5.61. The van der Waals surface area contributed by atoms with Crippen molar-refractivity contribution in [3.05, 3.63) is 0 Å². The third kappa shape index (κ3) is 3.47. The van der Waals surface area contributed by atoms with Crippen molar-refractivity contribution < 1.29 is 40.9 Å². The number of carboxylic acids is 2. The van der Waals surface area contributed by atoms with Gasteiger partial charge in [0.25, 0.3) is 0 Å². The first-order valence-electron chi connectivity index (χ1n) is 4.07. The second-order valence-corrected chi connectivity index (χ2v) is 3.24. The molecule has 1 rings (SSSR count). The summed E-state index contributed by atoms with van der Waals surface area (Å²) in [6, 6.07) is 0. The van der Waals surface area contributed by atoms with Gasteiger partial charge in [-0.1, -0.05) is 6.42 Å². The van der Waals surface area contributed by atoms with E-state index in [1.165, 1.54) is 0 Å². The summed E-state index contributed by atoms with van der Waals surface area (Å²) in [7, 11) is 0. The summed E-state index contributed by atoms with van der Waals surface area (Å²) in [6.45, 7) is 0. The molecule has 0 heterocycles. The molecule has 0 saturated heterocycles. The van der Waals surface area contributed by atoms with Crippen LogP contribution in [0.3, 0.4) is 0 Å². The van der Waals surface area contributed by atoms with E-state index >= 15 is 0 Å². The van der Waals surface area contributed by atoms with E-state index in [9.17, 15) is 9.59 Å². The maximum atomic E-state index is 10.5. The first kappa shape index (κ1) is 12.6. The molecular weight excluding hydrogens is 355 g/mol. The van der Waals surface area contributed by atoms with E-state index in [-0.39, 0.29) is 21.1 Å². The molecule has 5 heteroatoms. The molecule has 0 aliphatic heterocycles. The van der Waals surface area contributed by atoms with Gasteiger partial charge in [-0.3, -0.25) is 9.59 Å². The summed E-state index contributed by atoms with van der Waals surface area (Å²) in [5.74, 6) is -2.61. The van der Waals surface area contributed by atoms with Crippen molar-refractivity contribution in [2.24, 2.45) is 11.8 Å². The molecule has 0 aromatic carbocycles. The Hall–Kier alpha value is -0.372. The summed E-state index contributed by atoms with van der Waals surface area (Å²) in [5, 5.41) is 17.3. The fourth-order valence-corrected chi connectivity index (χ4v) is 1.64. The number of hydrogen-bond donors (Lipinski definition) is 2. The quantitative estimate of drug-likeness (QED) is 0.763. The van der Waals surface area contributed by atoms with Crippen LogP contribution < -0.4 is 0 Å². The smallest absolute Gasteiger partial charge is 0.481 e. The van der Waals surface area contributed by atoms with Crippen LogP contribution in [0, 0.1) is 11.8 Å². The molecule has 0 aromatic heterocycles. The van der Waals surface area contributed by atoms with Gasteiger partial charge in [0, 0.05) is 0 Å². The second kappa shape index (κ2) is 5.38. The fourth-order valence-electron chi connectivity index (χ4n) is 1.64. The van der Waals surface area contributed by atoms with Gasteiger partial charge in [-0.25, -0.2) is 0 Å². The predicted octanol–water partition coefficient (Wildman–Crippen LogP) is 0.960. The SMILES string of the molecule is O=C(O)C1CCCC(C(=O)O)C1.[Pt+2]. The Morgan fingerprint density at radius 1 is 1.00 bits per heavy atom. The number of carbonyl (C=O) groups is 2. The molecule has 2 N–H and O–H groups in total. The standard InChI is InChI=1S/C8H12O4.Pt/c9-7(10)5-2-1-3-6(4-5)8(11)12;/h5-6H,1-4H2,(H,9,10)(H,11,12);/q;+2. The molecule has 1 fully saturated rings. The Morgan fingerprint density at radius 3 is 1.69 bits per heavy atom. The minimum atomic E-state index is -0.860. The molecule has 0 spiro atoms. The molecule has 1 aliphatic carbocycles. The Bertz CT molecular complexity index is 184. The van der Waals surface area contributed by atoms with Crippen molar-refractivity contribution in [3.63, 3.8) is 0 Å². The van der Waals surface area contributed by atoms with Crippen LogP contribution >= 0.6 is 0 Å². The van der Waals surface area contributed by atoms with Crippen molar-refractivity contribution in [1.29, 1.82) is 0 Å². The third-order valence-electron chi connectivity index (χ3n) is 2.37. The molecule has 0 aromatic rings. The van der Waals surface area contributed by atoms with Crippen LogP contribution in [0.5, 0.6) is 0 Å². The van der Waals surface area contributed by atoms with E-state index in [0.717, 1.165) is 0 Å². The maximum Gasteiger partial charge on any atom is 2.00 e. The van der Waals surface area contributed by atoms with Crippen LogP contribution in [0.2, 0.25) is 0 Å². The summed E-state index contributed by atoms with van der Waals surface area (Å²) in [5.41, 5.74) is 0. The first-order valence-corrected chi connectivity index (χ1v) is 4.07. The van der Waals surface area contributed by atoms with Crippen LogP contribution in [0.4, 0.5) is 0 Å². The van der Waals surface area contributed by atoms with Gasteiger partial charge in [-0.15, -0.1) is 0 Å². The summed E-state index contributed by atoms with van der Waals surface area (Å²) >= 11 is 0. The van der Waals surface area contributed by atoms with E-state index in [2.05, 4.69) is 0 Å². The fraction of sp³-hybridized carbons (Fsp3) is 0.750. The van der Waals surface area contributed by atoms with E-state index in [1.807, 2.05) is 0 Å². The minimum Gasteiger partial charge on any atom is -0.481 e. The molecule has 1 aliphatic rings.